The third-order valence-electron chi connectivity index (χ3n) is 3.48. The van der Waals surface area contributed by atoms with Crippen molar-refractivity contribution in [1.29, 1.82) is 0 Å². The first-order valence-corrected chi connectivity index (χ1v) is 7.31. The fourth-order valence-corrected chi connectivity index (χ4v) is 2.23. The molecule has 3 nitrogen and oxygen atoms in total. The summed E-state index contributed by atoms with van der Waals surface area (Å²) in [6.45, 7) is 5.05. The van der Waals surface area contributed by atoms with Gasteiger partial charge in [-0.2, -0.15) is 0 Å². The minimum Gasteiger partial charge on any atom is -0.385 e. The fraction of sp³-hybridized carbons (Fsp3) is 0.278. The van der Waals surface area contributed by atoms with Crippen LogP contribution in [-0.2, 0) is 0 Å². The molecule has 0 unspecified atom stereocenters. The van der Waals surface area contributed by atoms with Crippen molar-refractivity contribution < 1.29 is 4.79 Å². The van der Waals surface area contributed by atoms with Crippen molar-refractivity contribution in [3.8, 4) is 0 Å². The molecule has 0 aliphatic carbocycles. The molecule has 0 aromatic heterocycles. The highest BCUT2D eigenvalue weighted by molar-refractivity contribution is 6.06. The van der Waals surface area contributed by atoms with Gasteiger partial charge >= 0.3 is 0 Å². The molecule has 0 atom stereocenters. The van der Waals surface area contributed by atoms with Gasteiger partial charge in [0.25, 0.3) is 5.91 Å². The molecule has 110 valence electrons. The minimum absolute atomic E-state index is 0.0146. The number of para-hydroxylation sites is 1. The molecule has 0 aliphatic heterocycles. The van der Waals surface area contributed by atoms with E-state index in [1.165, 1.54) is 0 Å². The van der Waals surface area contributed by atoms with Crippen LogP contribution in [0.4, 0.5) is 11.4 Å². The maximum atomic E-state index is 12.6. The molecule has 0 saturated heterocycles. The number of amides is 1. The Kier molecular flexibility index (Phi) is 4.99. The molecule has 2 aromatic rings. The Morgan fingerprint density at radius 1 is 1.14 bits per heavy atom. The topological polar surface area (TPSA) is 32.3 Å². The van der Waals surface area contributed by atoms with E-state index in [0.29, 0.717) is 0 Å². The summed E-state index contributed by atoms with van der Waals surface area (Å²) in [5.41, 5.74) is 3.69. The number of nitrogens with one attached hydrogen (secondary N) is 1. The fourth-order valence-electron chi connectivity index (χ4n) is 2.23. The number of hydrogen-bond acceptors (Lipinski definition) is 2. The van der Waals surface area contributed by atoms with E-state index in [1.54, 1.807) is 11.9 Å². The van der Waals surface area contributed by atoms with E-state index in [2.05, 4.69) is 12.2 Å². The average molecular weight is 282 g/mol. The maximum absolute atomic E-state index is 12.6. The molecule has 0 fully saturated rings. The minimum atomic E-state index is 0.0146. The highest BCUT2D eigenvalue weighted by Gasteiger charge is 2.15. The molecular formula is C18H22N2O. The summed E-state index contributed by atoms with van der Waals surface area (Å²) in [5, 5.41) is 3.34. The number of nitrogens with zero attached hydrogens (tertiary/aromatic N) is 1. The van der Waals surface area contributed by atoms with Crippen LogP contribution in [0.15, 0.2) is 48.5 Å². The van der Waals surface area contributed by atoms with Crippen molar-refractivity contribution in [3.05, 3.63) is 59.7 Å². The van der Waals surface area contributed by atoms with Crippen LogP contribution < -0.4 is 10.2 Å². The number of aryl methyl sites for hydroxylation is 1. The lowest BCUT2D eigenvalue weighted by Gasteiger charge is -2.19. The third-order valence-corrected chi connectivity index (χ3v) is 3.48. The van der Waals surface area contributed by atoms with Gasteiger partial charge in [-0.15, -0.1) is 0 Å². The van der Waals surface area contributed by atoms with Crippen LogP contribution in [-0.4, -0.2) is 19.5 Å². The molecule has 21 heavy (non-hydrogen) atoms. The number of hydrogen-bond donors (Lipinski definition) is 1. The second-order valence-corrected chi connectivity index (χ2v) is 5.16. The lowest BCUT2D eigenvalue weighted by atomic mass is 10.1. The summed E-state index contributed by atoms with van der Waals surface area (Å²) >= 11 is 0. The van der Waals surface area contributed by atoms with Crippen molar-refractivity contribution in [2.75, 3.05) is 23.8 Å². The largest absolute Gasteiger partial charge is 0.385 e. The van der Waals surface area contributed by atoms with Gasteiger partial charge in [0.2, 0.25) is 0 Å². The van der Waals surface area contributed by atoms with E-state index in [0.717, 1.165) is 35.5 Å². The van der Waals surface area contributed by atoms with Crippen molar-refractivity contribution in [1.82, 2.24) is 0 Å². The Morgan fingerprint density at radius 3 is 2.48 bits per heavy atom. The lowest BCUT2D eigenvalue weighted by Crippen LogP contribution is -2.26. The van der Waals surface area contributed by atoms with E-state index in [1.807, 2.05) is 55.5 Å². The molecule has 2 aromatic carbocycles. The quantitative estimate of drug-likeness (QED) is 0.895. The van der Waals surface area contributed by atoms with Crippen molar-refractivity contribution in [2.45, 2.75) is 20.3 Å². The highest BCUT2D eigenvalue weighted by atomic mass is 16.2. The zero-order valence-electron chi connectivity index (χ0n) is 12.9. The van der Waals surface area contributed by atoms with Gasteiger partial charge < -0.3 is 10.2 Å². The molecule has 0 aliphatic rings. The van der Waals surface area contributed by atoms with Crippen LogP contribution in [0, 0.1) is 6.92 Å². The summed E-state index contributed by atoms with van der Waals surface area (Å²) in [6, 6.07) is 15.6. The molecule has 1 amide bonds. The lowest BCUT2D eigenvalue weighted by molar-refractivity contribution is 0.0992. The van der Waals surface area contributed by atoms with Crippen LogP contribution >= 0.6 is 0 Å². The van der Waals surface area contributed by atoms with Crippen molar-refractivity contribution >= 4 is 17.3 Å². The number of benzene rings is 2. The third kappa shape index (κ3) is 3.63. The van der Waals surface area contributed by atoms with Crippen LogP contribution in [0.3, 0.4) is 0 Å². The first-order valence-electron chi connectivity index (χ1n) is 7.31. The summed E-state index contributed by atoms with van der Waals surface area (Å²) in [6.07, 6.45) is 1.08. The van der Waals surface area contributed by atoms with Gasteiger partial charge in [0.05, 0.1) is 0 Å². The van der Waals surface area contributed by atoms with Gasteiger partial charge in [-0.3, -0.25) is 4.79 Å². The van der Waals surface area contributed by atoms with Crippen LogP contribution in [0.25, 0.3) is 0 Å². The Morgan fingerprint density at radius 2 is 1.86 bits per heavy atom. The van der Waals surface area contributed by atoms with Crippen LogP contribution in [0.5, 0.6) is 0 Å². The smallest absolute Gasteiger partial charge is 0.258 e. The molecule has 0 saturated carbocycles. The van der Waals surface area contributed by atoms with E-state index < -0.39 is 0 Å². The van der Waals surface area contributed by atoms with Crippen LogP contribution in [0.1, 0.15) is 29.3 Å². The number of carbonyl (C=O) groups is 1. The second-order valence-electron chi connectivity index (χ2n) is 5.16. The van der Waals surface area contributed by atoms with Gasteiger partial charge in [0.1, 0.15) is 0 Å². The normalized spacial score (nSPS) is 10.2. The highest BCUT2D eigenvalue weighted by Crippen LogP contribution is 2.20. The molecule has 0 heterocycles. The van der Waals surface area contributed by atoms with E-state index in [-0.39, 0.29) is 5.91 Å². The average Bonchev–Trinajstić information content (AvgIpc) is 2.52. The first-order chi connectivity index (χ1) is 10.1. The molecule has 0 spiro atoms. The van der Waals surface area contributed by atoms with Gasteiger partial charge in [0, 0.05) is 30.5 Å². The molecular weight excluding hydrogens is 260 g/mol. The zero-order chi connectivity index (χ0) is 15.2. The summed E-state index contributed by atoms with van der Waals surface area (Å²) < 4.78 is 0. The number of anilines is 2. The Bertz CT molecular complexity index is 608. The maximum Gasteiger partial charge on any atom is 0.258 e. The van der Waals surface area contributed by atoms with Gasteiger partial charge in [0.15, 0.2) is 0 Å². The van der Waals surface area contributed by atoms with E-state index in [4.69, 9.17) is 0 Å². The molecule has 3 heteroatoms. The summed E-state index contributed by atoms with van der Waals surface area (Å²) in [5.74, 6) is 0.0146. The molecule has 1 N–H and O–H groups in total. The predicted molar refractivity (Wildman–Crippen MR) is 89.1 cm³/mol. The van der Waals surface area contributed by atoms with Crippen LogP contribution in [0.2, 0.25) is 0 Å². The summed E-state index contributed by atoms with van der Waals surface area (Å²) in [7, 11) is 1.81. The molecule has 0 bridgehead atoms. The monoisotopic (exact) mass is 282 g/mol. The molecule has 2 rings (SSSR count). The molecule has 0 radical (unpaired) electrons. The Hall–Kier alpha value is -2.29. The van der Waals surface area contributed by atoms with Gasteiger partial charge in [-0.25, -0.2) is 0 Å². The Balaban J connectivity index is 2.19. The van der Waals surface area contributed by atoms with Gasteiger partial charge in [-0.05, 0) is 49.2 Å². The van der Waals surface area contributed by atoms with Gasteiger partial charge in [-0.1, -0.05) is 25.1 Å². The van der Waals surface area contributed by atoms with Crippen molar-refractivity contribution in [2.24, 2.45) is 0 Å². The SMILES string of the molecule is CCCNc1ccc(C(=O)N(C)c2ccccc2)c(C)c1. The van der Waals surface area contributed by atoms with Crippen molar-refractivity contribution in [3.63, 3.8) is 0 Å². The second kappa shape index (κ2) is 6.93. The van der Waals surface area contributed by atoms with E-state index >= 15 is 0 Å². The predicted octanol–water partition coefficient (Wildman–Crippen LogP) is 4.09. The number of carbonyl (C=O) groups excluding carboxylic acids is 1. The zero-order valence-corrected chi connectivity index (χ0v) is 12.9. The number of rotatable bonds is 5. The standard InChI is InChI=1S/C18H22N2O/c1-4-12-19-15-10-11-17(14(2)13-15)18(21)20(3)16-8-6-5-7-9-16/h5-11,13,19H,4,12H2,1-3H3. The summed E-state index contributed by atoms with van der Waals surface area (Å²) in [4.78, 5) is 14.3. The Labute approximate surface area is 126 Å². The van der Waals surface area contributed by atoms with E-state index in [9.17, 15) is 4.79 Å². The first kappa shape index (κ1) is 15.1.